The van der Waals surface area contributed by atoms with E-state index in [4.69, 9.17) is 26.8 Å². The fourth-order valence-corrected chi connectivity index (χ4v) is 2.22. The van der Waals surface area contributed by atoms with Crippen molar-refractivity contribution in [3.63, 3.8) is 0 Å². The summed E-state index contributed by atoms with van der Waals surface area (Å²) in [5.74, 6) is 0.174. The predicted octanol–water partition coefficient (Wildman–Crippen LogP) is 3.92. The van der Waals surface area contributed by atoms with Gasteiger partial charge in [0, 0.05) is 4.47 Å². The first-order valence-electron chi connectivity index (χ1n) is 6.17. The molecule has 0 unspecified atom stereocenters. The number of anilines is 1. The Hall–Kier alpha value is -1.72. The SMILES string of the molecule is Nc1cccc(C(=O)OCCOc2cccc(Br)c2)c1Cl. The number of halogens is 2. The van der Waals surface area contributed by atoms with Gasteiger partial charge in [0.2, 0.25) is 0 Å². The number of nitrogen functional groups attached to an aromatic ring is 1. The summed E-state index contributed by atoms with van der Waals surface area (Å²) in [5.41, 5.74) is 6.23. The van der Waals surface area contributed by atoms with E-state index in [0.29, 0.717) is 11.4 Å². The van der Waals surface area contributed by atoms with Gasteiger partial charge in [0.05, 0.1) is 16.3 Å². The molecule has 110 valence electrons. The van der Waals surface area contributed by atoms with E-state index in [1.165, 1.54) is 0 Å². The molecule has 0 aliphatic carbocycles. The second kappa shape index (κ2) is 7.33. The standard InChI is InChI=1S/C15H13BrClNO3/c16-10-3-1-4-11(9-10)20-7-8-21-15(19)12-5-2-6-13(18)14(12)17/h1-6,9H,7-8,18H2. The smallest absolute Gasteiger partial charge is 0.339 e. The summed E-state index contributed by atoms with van der Waals surface area (Å²) in [6, 6.07) is 12.2. The van der Waals surface area contributed by atoms with Gasteiger partial charge in [0.25, 0.3) is 0 Å². The van der Waals surface area contributed by atoms with Crippen LogP contribution in [0.5, 0.6) is 5.75 Å². The number of rotatable bonds is 5. The van der Waals surface area contributed by atoms with Crippen molar-refractivity contribution in [3.05, 3.63) is 57.5 Å². The number of ether oxygens (including phenoxy) is 2. The van der Waals surface area contributed by atoms with Crippen molar-refractivity contribution in [3.8, 4) is 5.75 Å². The Morgan fingerprint density at radius 2 is 1.95 bits per heavy atom. The summed E-state index contributed by atoms with van der Waals surface area (Å²) in [7, 11) is 0. The van der Waals surface area contributed by atoms with Gasteiger partial charge in [-0.3, -0.25) is 0 Å². The van der Waals surface area contributed by atoms with Gasteiger partial charge in [0.1, 0.15) is 19.0 Å². The van der Waals surface area contributed by atoms with Crippen LogP contribution in [0.25, 0.3) is 0 Å². The summed E-state index contributed by atoms with van der Waals surface area (Å²) in [6.45, 7) is 0.374. The maximum atomic E-state index is 11.9. The van der Waals surface area contributed by atoms with Crippen molar-refractivity contribution in [1.82, 2.24) is 0 Å². The van der Waals surface area contributed by atoms with Crippen LogP contribution in [-0.2, 0) is 4.74 Å². The highest BCUT2D eigenvalue weighted by Gasteiger charge is 2.13. The number of hydrogen-bond acceptors (Lipinski definition) is 4. The van der Waals surface area contributed by atoms with Crippen molar-refractivity contribution < 1.29 is 14.3 Å². The highest BCUT2D eigenvalue weighted by molar-refractivity contribution is 9.10. The third kappa shape index (κ3) is 4.37. The van der Waals surface area contributed by atoms with Crippen LogP contribution in [0.15, 0.2) is 46.9 Å². The Balaban J connectivity index is 1.83. The van der Waals surface area contributed by atoms with Crippen LogP contribution in [0.1, 0.15) is 10.4 Å². The molecule has 0 saturated carbocycles. The van der Waals surface area contributed by atoms with E-state index < -0.39 is 5.97 Å². The zero-order valence-electron chi connectivity index (χ0n) is 11.0. The normalized spacial score (nSPS) is 10.2. The molecule has 2 aromatic carbocycles. The van der Waals surface area contributed by atoms with Crippen molar-refractivity contribution in [2.75, 3.05) is 18.9 Å². The van der Waals surface area contributed by atoms with Gasteiger partial charge in [-0.2, -0.15) is 0 Å². The number of hydrogen-bond donors (Lipinski definition) is 1. The summed E-state index contributed by atoms with van der Waals surface area (Å²) in [4.78, 5) is 11.9. The molecule has 0 bridgehead atoms. The Morgan fingerprint density at radius 1 is 1.19 bits per heavy atom. The number of carbonyl (C=O) groups is 1. The zero-order chi connectivity index (χ0) is 15.2. The van der Waals surface area contributed by atoms with Crippen LogP contribution in [0.2, 0.25) is 5.02 Å². The first-order valence-corrected chi connectivity index (χ1v) is 7.34. The van der Waals surface area contributed by atoms with E-state index in [1.807, 2.05) is 24.3 Å². The molecular weight excluding hydrogens is 358 g/mol. The third-order valence-corrected chi connectivity index (χ3v) is 3.54. The molecule has 6 heteroatoms. The number of esters is 1. The van der Waals surface area contributed by atoms with Crippen molar-refractivity contribution in [2.45, 2.75) is 0 Å². The minimum Gasteiger partial charge on any atom is -0.490 e. The average Bonchev–Trinajstić information content (AvgIpc) is 2.46. The lowest BCUT2D eigenvalue weighted by Crippen LogP contribution is -2.13. The maximum absolute atomic E-state index is 11.9. The van der Waals surface area contributed by atoms with Gasteiger partial charge in [-0.1, -0.05) is 39.7 Å². The van der Waals surface area contributed by atoms with Gasteiger partial charge in [-0.15, -0.1) is 0 Å². The average molecular weight is 371 g/mol. The molecular formula is C15H13BrClNO3. The molecule has 4 nitrogen and oxygen atoms in total. The molecule has 2 aromatic rings. The van der Waals surface area contributed by atoms with Crippen molar-refractivity contribution >= 4 is 39.2 Å². The van der Waals surface area contributed by atoms with E-state index in [-0.39, 0.29) is 23.8 Å². The monoisotopic (exact) mass is 369 g/mol. The quantitative estimate of drug-likeness (QED) is 0.492. The molecule has 0 aromatic heterocycles. The minimum atomic E-state index is -0.523. The fourth-order valence-electron chi connectivity index (χ4n) is 1.64. The second-order valence-corrected chi connectivity index (χ2v) is 5.44. The van der Waals surface area contributed by atoms with Crippen LogP contribution >= 0.6 is 27.5 Å². The Morgan fingerprint density at radius 3 is 2.71 bits per heavy atom. The lowest BCUT2D eigenvalue weighted by Gasteiger charge is -2.09. The Labute approximate surface area is 135 Å². The van der Waals surface area contributed by atoms with E-state index in [9.17, 15) is 4.79 Å². The van der Waals surface area contributed by atoms with E-state index in [0.717, 1.165) is 4.47 Å². The van der Waals surface area contributed by atoms with Crippen LogP contribution < -0.4 is 10.5 Å². The summed E-state index contributed by atoms with van der Waals surface area (Å²) < 4.78 is 11.5. The molecule has 0 radical (unpaired) electrons. The van der Waals surface area contributed by atoms with E-state index in [2.05, 4.69) is 15.9 Å². The molecule has 0 atom stereocenters. The van der Waals surface area contributed by atoms with E-state index >= 15 is 0 Å². The van der Waals surface area contributed by atoms with E-state index in [1.54, 1.807) is 18.2 Å². The van der Waals surface area contributed by atoms with Crippen LogP contribution in [-0.4, -0.2) is 19.2 Å². The van der Waals surface area contributed by atoms with Gasteiger partial charge >= 0.3 is 5.97 Å². The fraction of sp³-hybridized carbons (Fsp3) is 0.133. The van der Waals surface area contributed by atoms with Crippen molar-refractivity contribution in [2.24, 2.45) is 0 Å². The van der Waals surface area contributed by atoms with Crippen LogP contribution in [0, 0.1) is 0 Å². The summed E-state index contributed by atoms with van der Waals surface area (Å²) >= 11 is 9.30. The first-order chi connectivity index (χ1) is 10.1. The molecule has 2 N–H and O–H groups in total. The van der Waals surface area contributed by atoms with Crippen molar-refractivity contribution in [1.29, 1.82) is 0 Å². The molecule has 0 aliphatic heterocycles. The summed E-state index contributed by atoms with van der Waals surface area (Å²) in [5, 5.41) is 0.204. The van der Waals surface area contributed by atoms with Gasteiger partial charge in [-0.05, 0) is 30.3 Å². The Kier molecular flexibility index (Phi) is 5.47. The lowest BCUT2D eigenvalue weighted by molar-refractivity contribution is 0.0450. The molecule has 0 spiro atoms. The van der Waals surface area contributed by atoms with Gasteiger partial charge < -0.3 is 15.2 Å². The van der Waals surface area contributed by atoms with Crippen LogP contribution in [0.3, 0.4) is 0 Å². The first kappa shape index (κ1) is 15.7. The highest BCUT2D eigenvalue weighted by atomic mass is 79.9. The molecule has 0 amide bonds. The number of carbonyl (C=O) groups excluding carboxylic acids is 1. The maximum Gasteiger partial charge on any atom is 0.339 e. The second-order valence-electron chi connectivity index (χ2n) is 4.15. The molecule has 0 aliphatic rings. The molecule has 2 rings (SSSR count). The predicted molar refractivity (Wildman–Crippen MR) is 85.8 cm³/mol. The Bertz CT molecular complexity index is 649. The highest BCUT2D eigenvalue weighted by Crippen LogP contribution is 2.23. The largest absolute Gasteiger partial charge is 0.490 e. The van der Waals surface area contributed by atoms with Gasteiger partial charge in [0.15, 0.2) is 0 Å². The minimum absolute atomic E-state index is 0.122. The lowest BCUT2D eigenvalue weighted by atomic mass is 10.2. The molecule has 0 saturated heterocycles. The van der Waals surface area contributed by atoms with Gasteiger partial charge in [-0.25, -0.2) is 4.79 Å². The number of nitrogens with two attached hydrogens (primary N) is 1. The third-order valence-electron chi connectivity index (χ3n) is 2.63. The van der Waals surface area contributed by atoms with Crippen LogP contribution in [0.4, 0.5) is 5.69 Å². The number of benzene rings is 2. The molecule has 0 heterocycles. The zero-order valence-corrected chi connectivity index (χ0v) is 13.4. The summed E-state index contributed by atoms with van der Waals surface area (Å²) in [6.07, 6.45) is 0. The molecule has 21 heavy (non-hydrogen) atoms. The topological polar surface area (TPSA) is 61.6 Å². The molecule has 0 fully saturated rings.